The maximum absolute atomic E-state index is 12.6. The molecule has 0 bridgehead atoms. The van der Waals surface area contributed by atoms with Crippen molar-refractivity contribution in [2.24, 2.45) is 0 Å². The van der Waals surface area contributed by atoms with Crippen LogP contribution in [0.3, 0.4) is 0 Å². The predicted molar refractivity (Wildman–Crippen MR) is 119 cm³/mol. The average Bonchev–Trinajstić information content (AvgIpc) is 3.29. The van der Waals surface area contributed by atoms with Gasteiger partial charge in [-0.3, -0.25) is 4.79 Å². The zero-order valence-corrected chi connectivity index (χ0v) is 17.4. The molecule has 0 atom stereocenters. The van der Waals surface area contributed by atoms with Gasteiger partial charge in [0.1, 0.15) is 5.82 Å². The molecular formula is C22H20N4OS2. The van der Waals surface area contributed by atoms with Crippen LogP contribution in [0.15, 0.2) is 65.1 Å². The monoisotopic (exact) mass is 420 g/mol. The van der Waals surface area contributed by atoms with Gasteiger partial charge in [-0.15, -0.1) is 21.5 Å². The van der Waals surface area contributed by atoms with Crippen LogP contribution in [0.25, 0.3) is 10.8 Å². The molecule has 1 aliphatic rings. The Morgan fingerprint density at radius 2 is 1.97 bits per heavy atom. The summed E-state index contributed by atoms with van der Waals surface area (Å²) in [6, 6.07) is 18.7. The molecule has 5 nitrogen and oxygen atoms in total. The lowest BCUT2D eigenvalue weighted by atomic mass is 10.1. The fourth-order valence-electron chi connectivity index (χ4n) is 3.45. The van der Waals surface area contributed by atoms with Crippen molar-refractivity contribution in [2.75, 3.05) is 11.1 Å². The van der Waals surface area contributed by atoms with Crippen LogP contribution in [0.4, 0.5) is 5.69 Å². The molecule has 2 aromatic carbocycles. The minimum absolute atomic E-state index is 0.0310. The van der Waals surface area contributed by atoms with Gasteiger partial charge in [-0.2, -0.15) is 0 Å². The van der Waals surface area contributed by atoms with E-state index >= 15 is 0 Å². The normalized spacial score (nSPS) is 13.7. The van der Waals surface area contributed by atoms with Gasteiger partial charge in [-0.05, 0) is 35.7 Å². The molecule has 146 valence electrons. The second-order valence-electron chi connectivity index (χ2n) is 7.12. The Hall–Kier alpha value is -2.64. The molecule has 0 aliphatic heterocycles. The van der Waals surface area contributed by atoms with Crippen LogP contribution in [0, 0.1) is 0 Å². The lowest BCUT2D eigenvalue weighted by molar-refractivity contribution is -0.113. The number of aromatic nitrogens is 3. The largest absolute Gasteiger partial charge is 0.325 e. The van der Waals surface area contributed by atoms with Gasteiger partial charge in [-0.25, -0.2) is 0 Å². The zero-order chi connectivity index (χ0) is 19.6. The molecular weight excluding hydrogens is 400 g/mol. The van der Waals surface area contributed by atoms with Gasteiger partial charge >= 0.3 is 0 Å². The van der Waals surface area contributed by atoms with Crippen LogP contribution in [0.5, 0.6) is 0 Å². The zero-order valence-electron chi connectivity index (χ0n) is 15.7. The van der Waals surface area contributed by atoms with E-state index in [0.29, 0.717) is 11.8 Å². The van der Waals surface area contributed by atoms with Crippen molar-refractivity contribution in [1.82, 2.24) is 14.8 Å². The molecule has 0 radical (unpaired) electrons. The third-order valence-electron chi connectivity index (χ3n) is 4.96. The number of fused-ring (bicyclic) bond motifs is 1. The molecule has 5 rings (SSSR count). The molecule has 1 fully saturated rings. The molecule has 29 heavy (non-hydrogen) atoms. The number of hydrogen-bond donors (Lipinski definition) is 1. The molecule has 1 aliphatic carbocycles. The molecule has 7 heteroatoms. The number of benzene rings is 2. The lowest BCUT2D eigenvalue weighted by Gasteiger charge is -2.10. The molecule has 4 aromatic rings. The summed E-state index contributed by atoms with van der Waals surface area (Å²) in [5.74, 6) is 1.27. The van der Waals surface area contributed by atoms with Crippen LogP contribution >= 0.6 is 23.1 Å². The maximum atomic E-state index is 12.6. The summed E-state index contributed by atoms with van der Waals surface area (Å²) in [4.78, 5) is 13.9. The van der Waals surface area contributed by atoms with E-state index in [4.69, 9.17) is 0 Å². The van der Waals surface area contributed by atoms with Gasteiger partial charge in [0, 0.05) is 28.4 Å². The van der Waals surface area contributed by atoms with Crippen LogP contribution in [0.1, 0.15) is 29.6 Å². The van der Waals surface area contributed by atoms with Crippen molar-refractivity contribution >= 4 is 45.5 Å². The van der Waals surface area contributed by atoms with E-state index in [9.17, 15) is 4.79 Å². The van der Waals surface area contributed by atoms with Gasteiger partial charge in [0.2, 0.25) is 5.91 Å². The van der Waals surface area contributed by atoms with Crippen LogP contribution < -0.4 is 5.32 Å². The molecule has 1 N–H and O–H groups in total. The first-order valence-electron chi connectivity index (χ1n) is 9.64. The minimum atomic E-state index is -0.0310. The molecule has 1 amide bonds. The second kappa shape index (κ2) is 8.00. The van der Waals surface area contributed by atoms with E-state index in [1.54, 1.807) is 11.3 Å². The summed E-state index contributed by atoms with van der Waals surface area (Å²) in [5, 5.41) is 16.9. The molecule has 0 spiro atoms. The van der Waals surface area contributed by atoms with Gasteiger partial charge in [0.05, 0.1) is 5.75 Å². The molecule has 0 saturated heterocycles. The minimum Gasteiger partial charge on any atom is -0.325 e. The first kappa shape index (κ1) is 18.4. The summed E-state index contributed by atoms with van der Waals surface area (Å²) in [5.41, 5.74) is 0.843. The fraction of sp³-hybridized carbons (Fsp3) is 0.227. The van der Waals surface area contributed by atoms with Gasteiger partial charge in [0.15, 0.2) is 5.16 Å². The van der Waals surface area contributed by atoms with Crippen LogP contribution in [0.2, 0.25) is 0 Å². The summed E-state index contributed by atoms with van der Waals surface area (Å²) in [6.45, 7) is 0. The molecule has 2 heterocycles. The SMILES string of the molecule is O=C(CSc1nnc(Cc2cccs2)n1C1CC1)Nc1cccc2ccccc12. The Morgan fingerprint density at radius 3 is 2.79 bits per heavy atom. The summed E-state index contributed by atoms with van der Waals surface area (Å²) in [6.07, 6.45) is 3.11. The number of anilines is 1. The molecule has 0 unspecified atom stereocenters. The number of amides is 1. The van der Waals surface area contributed by atoms with Gasteiger partial charge in [-0.1, -0.05) is 54.2 Å². The summed E-state index contributed by atoms with van der Waals surface area (Å²) < 4.78 is 2.23. The Bertz CT molecular complexity index is 1140. The highest BCUT2D eigenvalue weighted by atomic mass is 32.2. The quantitative estimate of drug-likeness (QED) is 0.420. The number of thiophene rings is 1. The highest BCUT2D eigenvalue weighted by Gasteiger charge is 2.30. The van der Waals surface area contributed by atoms with Crippen molar-refractivity contribution in [1.29, 1.82) is 0 Å². The Balaban J connectivity index is 1.28. The second-order valence-corrected chi connectivity index (χ2v) is 9.09. The third kappa shape index (κ3) is 4.06. The van der Waals surface area contributed by atoms with Crippen molar-refractivity contribution in [3.63, 3.8) is 0 Å². The Kier molecular flexibility index (Phi) is 5.08. The van der Waals surface area contributed by atoms with Crippen molar-refractivity contribution in [3.05, 3.63) is 70.7 Å². The van der Waals surface area contributed by atoms with E-state index in [2.05, 4.69) is 37.6 Å². The molecule has 2 aromatic heterocycles. The smallest absolute Gasteiger partial charge is 0.234 e. The van der Waals surface area contributed by atoms with E-state index in [0.717, 1.165) is 46.7 Å². The standard InChI is InChI=1S/C22H20N4OS2/c27-21(23-19-9-3-6-15-5-1-2-8-18(15)19)14-29-22-25-24-20(26(22)16-10-11-16)13-17-7-4-12-28-17/h1-9,12,16H,10-11,13-14H2,(H,23,27). The van der Waals surface area contributed by atoms with Crippen molar-refractivity contribution in [3.8, 4) is 0 Å². The number of carbonyl (C=O) groups is 1. The van der Waals surface area contributed by atoms with E-state index in [-0.39, 0.29) is 5.91 Å². The van der Waals surface area contributed by atoms with Crippen LogP contribution in [-0.4, -0.2) is 26.4 Å². The first-order valence-corrected chi connectivity index (χ1v) is 11.5. The van der Waals surface area contributed by atoms with Crippen molar-refractivity contribution in [2.45, 2.75) is 30.5 Å². The number of carbonyl (C=O) groups excluding carboxylic acids is 1. The number of nitrogens with one attached hydrogen (secondary N) is 1. The fourth-order valence-corrected chi connectivity index (χ4v) is 4.97. The Morgan fingerprint density at radius 1 is 1.10 bits per heavy atom. The predicted octanol–water partition coefficient (Wildman–Crippen LogP) is 5.15. The number of nitrogens with zero attached hydrogens (tertiary/aromatic N) is 3. The lowest BCUT2D eigenvalue weighted by Crippen LogP contribution is -2.15. The number of hydrogen-bond acceptors (Lipinski definition) is 5. The summed E-state index contributed by atoms with van der Waals surface area (Å²) in [7, 11) is 0. The Labute approximate surface area is 177 Å². The van der Waals surface area contributed by atoms with E-state index in [1.165, 1.54) is 16.6 Å². The highest BCUT2D eigenvalue weighted by Crippen LogP contribution is 2.39. The highest BCUT2D eigenvalue weighted by molar-refractivity contribution is 7.99. The van der Waals surface area contributed by atoms with E-state index < -0.39 is 0 Å². The average molecular weight is 421 g/mol. The van der Waals surface area contributed by atoms with Crippen molar-refractivity contribution < 1.29 is 4.79 Å². The van der Waals surface area contributed by atoms with Crippen LogP contribution in [-0.2, 0) is 11.2 Å². The third-order valence-corrected chi connectivity index (χ3v) is 6.78. The van der Waals surface area contributed by atoms with Gasteiger partial charge in [0.25, 0.3) is 0 Å². The van der Waals surface area contributed by atoms with E-state index in [1.807, 2.05) is 42.5 Å². The topological polar surface area (TPSA) is 59.8 Å². The number of rotatable bonds is 7. The molecule has 1 saturated carbocycles. The van der Waals surface area contributed by atoms with Gasteiger partial charge < -0.3 is 9.88 Å². The maximum Gasteiger partial charge on any atom is 0.234 e. The first-order chi connectivity index (χ1) is 14.3. The number of thioether (sulfide) groups is 1. The summed E-state index contributed by atoms with van der Waals surface area (Å²) >= 11 is 3.20.